The van der Waals surface area contributed by atoms with Crippen molar-refractivity contribution in [3.8, 4) is 0 Å². The summed E-state index contributed by atoms with van der Waals surface area (Å²) in [5.41, 5.74) is 1.26. The lowest BCUT2D eigenvalue weighted by molar-refractivity contribution is -0.154. The Bertz CT molecular complexity index is 871. The van der Waals surface area contributed by atoms with Crippen molar-refractivity contribution in [1.82, 2.24) is 10.2 Å². The van der Waals surface area contributed by atoms with Crippen molar-refractivity contribution in [1.29, 1.82) is 0 Å². The molecule has 2 aromatic carbocycles. The summed E-state index contributed by atoms with van der Waals surface area (Å²) in [6.07, 6.45) is 0. The van der Waals surface area contributed by atoms with Crippen molar-refractivity contribution >= 4 is 29.4 Å². The van der Waals surface area contributed by atoms with Crippen molar-refractivity contribution in [2.24, 2.45) is 5.92 Å². The molecule has 0 aliphatic carbocycles. The Morgan fingerprint density at radius 3 is 2.27 bits per heavy atom. The predicted octanol–water partition coefficient (Wildman–Crippen LogP) is 3.69. The monoisotopic (exact) mass is 430 g/mol. The van der Waals surface area contributed by atoms with Gasteiger partial charge in [-0.3, -0.25) is 9.59 Å². The fourth-order valence-corrected chi connectivity index (χ4v) is 3.08. The van der Waals surface area contributed by atoms with Gasteiger partial charge in [0.2, 0.25) is 0 Å². The maximum atomic E-state index is 12.6. The highest BCUT2D eigenvalue weighted by Crippen LogP contribution is 2.16. The second kappa shape index (κ2) is 11.4. The van der Waals surface area contributed by atoms with Crippen LogP contribution < -0.4 is 5.32 Å². The molecule has 0 bridgehead atoms. The van der Waals surface area contributed by atoms with Crippen LogP contribution in [0.2, 0.25) is 5.02 Å². The largest absolute Gasteiger partial charge is 0.454 e. The lowest BCUT2D eigenvalue weighted by Crippen LogP contribution is -2.46. The molecule has 1 atom stereocenters. The minimum Gasteiger partial charge on any atom is -0.454 e. The number of nitrogens with zero attached hydrogens (tertiary/aromatic N) is 1. The average Bonchev–Trinajstić information content (AvgIpc) is 2.74. The number of esters is 1. The minimum absolute atomic E-state index is 0.231. The quantitative estimate of drug-likeness (QED) is 0.615. The van der Waals surface area contributed by atoms with Crippen LogP contribution in [0.3, 0.4) is 0 Å². The minimum atomic E-state index is -0.897. The normalized spacial score (nSPS) is 11.6. The van der Waals surface area contributed by atoms with Crippen LogP contribution in [0, 0.1) is 5.92 Å². The number of benzene rings is 2. The van der Waals surface area contributed by atoms with Gasteiger partial charge in [-0.1, -0.05) is 67.9 Å². The Kier molecular flexibility index (Phi) is 8.87. The van der Waals surface area contributed by atoms with E-state index in [1.807, 2.05) is 37.3 Å². The van der Waals surface area contributed by atoms with Gasteiger partial charge in [0.05, 0.1) is 10.6 Å². The third kappa shape index (κ3) is 6.59. The van der Waals surface area contributed by atoms with E-state index >= 15 is 0 Å². The van der Waals surface area contributed by atoms with Crippen molar-refractivity contribution in [3.05, 3.63) is 70.7 Å². The molecule has 0 heterocycles. The Morgan fingerprint density at radius 2 is 1.67 bits per heavy atom. The van der Waals surface area contributed by atoms with Gasteiger partial charge < -0.3 is 15.0 Å². The molecule has 30 heavy (non-hydrogen) atoms. The summed E-state index contributed by atoms with van der Waals surface area (Å²) in [6, 6.07) is 15.3. The molecule has 0 aromatic heterocycles. The third-order valence-corrected chi connectivity index (χ3v) is 4.94. The first kappa shape index (κ1) is 23.4. The standard InChI is InChI=1S/C23H27ClN2O4/c1-4-26(14-17-10-6-5-7-11-17)20(27)15-30-23(29)21(16(2)3)25-22(28)18-12-8-9-13-19(18)24/h5-13,16,21H,4,14-15H2,1-3H3,(H,25,28)/t21-/m0/s1. The number of halogens is 1. The van der Waals surface area contributed by atoms with E-state index in [-0.39, 0.29) is 24.0 Å². The third-order valence-electron chi connectivity index (χ3n) is 4.61. The number of carbonyl (C=O) groups is 3. The van der Waals surface area contributed by atoms with Crippen molar-refractivity contribution < 1.29 is 19.1 Å². The number of nitrogens with one attached hydrogen (secondary N) is 1. The van der Waals surface area contributed by atoms with Crippen LogP contribution in [0.4, 0.5) is 0 Å². The first-order valence-corrected chi connectivity index (χ1v) is 10.2. The molecular weight excluding hydrogens is 404 g/mol. The highest BCUT2D eigenvalue weighted by molar-refractivity contribution is 6.33. The molecule has 0 unspecified atom stereocenters. The van der Waals surface area contributed by atoms with Gasteiger partial charge in [0.1, 0.15) is 6.04 Å². The number of rotatable bonds is 9. The molecule has 0 saturated heterocycles. The maximum Gasteiger partial charge on any atom is 0.329 e. The van der Waals surface area contributed by atoms with Crippen LogP contribution in [0.5, 0.6) is 0 Å². The average molecular weight is 431 g/mol. The molecule has 0 aliphatic rings. The molecule has 160 valence electrons. The van der Waals surface area contributed by atoms with Crippen molar-refractivity contribution in [2.45, 2.75) is 33.4 Å². The fraction of sp³-hybridized carbons (Fsp3) is 0.348. The zero-order valence-corrected chi connectivity index (χ0v) is 18.2. The van der Waals surface area contributed by atoms with Crippen molar-refractivity contribution in [2.75, 3.05) is 13.2 Å². The summed E-state index contributed by atoms with van der Waals surface area (Å²) in [7, 11) is 0. The molecule has 2 rings (SSSR count). The summed E-state index contributed by atoms with van der Waals surface area (Å²) >= 11 is 6.05. The molecular formula is C23H27ClN2O4. The van der Waals surface area contributed by atoms with Gasteiger partial charge in [-0.25, -0.2) is 4.79 Å². The summed E-state index contributed by atoms with van der Waals surface area (Å²) in [4.78, 5) is 39.2. The second-order valence-electron chi connectivity index (χ2n) is 7.18. The summed E-state index contributed by atoms with van der Waals surface area (Å²) in [6.45, 7) is 5.98. The Hall–Kier alpha value is -2.86. The van der Waals surface area contributed by atoms with E-state index in [4.69, 9.17) is 16.3 Å². The smallest absolute Gasteiger partial charge is 0.329 e. The SMILES string of the molecule is CCN(Cc1ccccc1)C(=O)COC(=O)[C@@H](NC(=O)c1ccccc1Cl)C(C)C. The van der Waals surface area contributed by atoms with Gasteiger partial charge >= 0.3 is 5.97 Å². The molecule has 2 aromatic rings. The highest BCUT2D eigenvalue weighted by atomic mass is 35.5. The molecule has 0 aliphatic heterocycles. The lowest BCUT2D eigenvalue weighted by Gasteiger charge is -2.23. The lowest BCUT2D eigenvalue weighted by atomic mass is 10.0. The van der Waals surface area contributed by atoms with Crippen LogP contribution in [0.25, 0.3) is 0 Å². The van der Waals surface area contributed by atoms with Gasteiger partial charge in [0.15, 0.2) is 6.61 Å². The molecule has 2 amide bonds. The van der Waals surface area contributed by atoms with Gasteiger partial charge in [0, 0.05) is 13.1 Å². The topological polar surface area (TPSA) is 75.7 Å². The van der Waals surface area contributed by atoms with Crippen LogP contribution in [0.15, 0.2) is 54.6 Å². The van der Waals surface area contributed by atoms with Gasteiger partial charge in [-0.15, -0.1) is 0 Å². The van der Waals surface area contributed by atoms with Gasteiger partial charge in [0.25, 0.3) is 11.8 Å². The van der Waals surface area contributed by atoms with Gasteiger partial charge in [-0.2, -0.15) is 0 Å². The second-order valence-corrected chi connectivity index (χ2v) is 7.58. The first-order chi connectivity index (χ1) is 14.3. The zero-order valence-electron chi connectivity index (χ0n) is 17.4. The van der Waals surface area contributed by atoms with Crippen LogP contribution in [-0.4, -0.2) is 41.9 Å². The van der Waals surface area contributed by atoms with Gasteiger partial charge in [-0.05, 0) is 30.5 Å². The Balaban J connectivity index is 1.96. The number of carbonyl (C=O) groups excluding carboxylic acids is 3. The number of hydrogen-bond acceptors (Lipinski definition) is 4. The molecule has 0 fully saturated rings. The molecule has 0 spiro atoms. The van der Waals surface area contributed by atoms with E-state index in [1.54, 1.807) is 43.0 Å². The molecule has 7 heteroatoms. The van der Waals surface area contributed by atoms with Crippen LogP contribution in [-0.2, 0) is 20.9 Å². The molecule has 0 saturated carbocycles. The Morgan fingerprint density at radius 1 is 1.03 bits per heavy atom. The van der Waals surface area contributed by atoms with Crippen LogP contribution >= 0.6 is 11.6 Å². The first-order valence-electron chi connectivity index (χ1n) is 9.87. The molecule has 0 radical (unpaired) electrons. The number of hydrogen-bond donors (Lipinski definition) is 1. The summed E-state index contributed by atoms with van der Waals surface area (Å²) in [5, 5.41) is 2.95. The fourth-order valence-electron chi connectivity index (χ4n) is 2.86. The number of likely N-dealkylation sites (N-methyl/N-ethyl adjacent to an activating group) is 1. The summed E-state index contributed by atoms with van der Waals surface area (Å²) in [5.74, 6) is -1.66. The van der Waals surface area contributed by atoms with E-state index in [0.717, 1.165) is 5.56 Å². The van der Waals surface area contributed by atoms with E-state index < -0.39 is 17.9 Å². The van der Waals surface area contributed by atoms with E-state index in [9.17, 15) is 14.4 Å². The predicted molar refractivity (Wildman–Crippen MR) is 116 cm³/mol. The molecule has 6 nitrogen and oxygen atoms in total. The van der Waals surface area contributed by atoms with E-state index in [1.165, 1.54) is 0 Å². The summed E-state index contributed by atoms with van der Waals surface area (Å²) < 4.78 is 5.24. The van der Waals surface area contributed by atoms with E-state index in [0.29, 0.717) is 18.1 Å². The molecule has 1 N–H and O–H groups in total. The number of amides is 2. The van der Waals surface area contributed by atoms with Crippen LogP contribution in [0.1, 0.15) is 36.7 Å². The van der Waals surface area contributed by atoms with Crippen molar-refractivity contribution in [3.63, 3.8) is 0 Å². The zero-order chi connectivity index (χ0) is 22.1. The Labute approximate surface area is 182 Å². The maximum absolute atomic E-state index is 12.6. The van der Waals surface area contributed by atoms with E-state index in [2.05, 4.69) is 5.32 Å². The highest BCUT2D eigenvalue weighted by Gasteiger charge is 2.28. The number of ether oxygens (including phenoxy) is 1.